The highest BCUT2D eigenvalue weighted by atomic mass is 35.5. The van der Waals surface area contributed by atoms with Gasteiger partial charge in [0.15, 0.2) is 5.78 Å². The Morgan fingerprint density at radius 3 is 2.29 bits per heavy atom. The SMILES string of the molecule is COc1ccc(C(=O)c2ccc(C)cc2)cc1-c1cccc(Cl)c1. The molecule has 0 atom stereocenters. The summed E-state index contributed by atoms with van der Waals surface area (Å²) in [7, 11) is 1.62. The average Bonchev–Trinajstić information content (AvgIpc) is 2.61. The maximum atomic E-state index is 12.7. The third kappa shape index (κ3) is 3.34. The Balaban J connectivity index is 2.06. The van der Waals surface area contributed by atoms with Crippen molar-refractivity contribution >= 4 is 17.4 Å². The largest absolute Gasteiger partial charge is 0.496 e. The van der Waals surface area contributed by atoms with Crippen LogP contribution in [-0.4, -0.2) is 12.9 Å². The molecule has 3 heteroatoms. The van der Waals surface area contributed by atoms with Gasteiger partial charge in [0, 0.05) is 21.7 Å². The summed E-state index contributed by atoms with van der Waals surface area (Å²) in [6.45, 7) is 2.00. The van der Waals surface area contributed by atoms with E-state index >= 15 is 0 Å². The summed E-state index contributed by atoms with van der Waals surface area (Å²) in [5.74, 6) is 0.693. The normalized spacial score (nSPS) is 10.5. The molecule has 0 bridgehead atoms. The van der Waals surface area contributed by atoms with Gasteiger partial charge in [-0.2, -0.15) is 0 Å². The lowest BCUT2D eigenvalue weighted by Gasteiger charge is -2.11. The van der Waals surface area contributed by atoms with E-state index in [9.17, 15) is 4.79 Å². The Hall–Kier alpha value is -2.58. The second-order valence-corrected chi connectivity index (χ2v) is 6.06. The van der Waals surface area contributed by atoms with Crippen LogP contribution >= 0.6 is 11.6 Å². The molecule has 0 aliphatic carbocycles. The van der Waals surface area contributed by atoms with Crippen molar-refractivity contribution in [1.82, 2.24) is 0 Å². The lowest BCUT2D eigenvalue weighted by Crippen LogP contribution is -2.02. The van der Waals surface area contributed by atoms with Gasteiger partial charge in [0.2, 0.25) is 0 Å². The van der Waals surface area contributed by atoms with E-state index in [4.69, 9.17) is 16.3 Å². The van der Waals surface area contributed by atoms with Crippen molar-refractivity contribution < 1.29 is 9.53 Å². The number of rotatable bonds is 4. The van der Waals surface area contributed by atoms with Crippen LogP contribution in [0.3, 0.4) is 0 Å². The lowest BCUT2D eigenvalue weighted by molar-refractivity contribution is 0.103. The molecule has 0 heterocycles. The van der Waals surface area contributed by atoms with E-state index in [1.807, 2.05) is 67.6 Å². The van der Waals surface area contributed by atoms with Gasteiger partial charge in [-0.3, -0.25) is 4.79 Å². The third-order valence-corrected chi connectivity index (χ3v) is 4.15. The van der Waals surface area contributed by atoms with Gasteiger partial charge in [0.1, 0.15) is 5.75 Å². The first-order valence-electron chi connectivity index (χ1n) is 7.64. The zero-order valence-electron chi connectivity index (χ0n) is 13.5. The van der Waals surface area contributed by atoms with Crippen LogP contribution in [0.4, 0.5) is 0 Å². The molecule has 0 spiro atoms. The second kappa shape index (κ2) is 6.90. The minimum absolute atomic E-state index is 0.0130. The highest BCUT2D eigenvalue weighted by Gasteiger charge is 2.13. The molecule has 0 aliphatic rings. The van der Waals surface area contributed by atoms with E-state index in [0.29, 0.717) is 21.9 Å². The van der Waals surface area contributed by atoms with E-state index in [2.05, 4.69) is 0 Å². The first-order valence-corrected chi connectivity index (χ1v) is 8.01. The van der Waals surface area contributed by atoms with Crippen LogP contribution in [0.2, 0.25) is 5.02 Å². The fourth-order valence-electron chi connectivity index (χ4n) is 2.60. The number of aryl methyl sites for hydroxylation is 1. The maximum absolute atomic E-state index is 12.7. The number of ether oxygens (including phenoxy) is 1. The molecule has 0 saturated heterocycles. The molecule has 0 aromatic heterocycles. The maximum Gasteiger partial charge on any atom is 0.193 e. The van der Waals surface area contributed by atoms with Crippen molar-refractivity contribution in [3.63, 3.8) is 0 Å². The third-order valence-electron chi connectivity index (χ3n) is 3.91. The van der Waals surface area contributed by atoms with Crippen LogP contribution in [0.25, 0.3) is 11.1 Å². The van der Waals surface area contributed by atoms with Gasteiger partial charge in [0.25, 0.3) is 0 Å². The number of methoxy groups -OCH3 is 1. The summed E-state index contributed by atoms with van der Waals surface area (Å²) >= 11 is 6.10. The number of carbonyl (C=O) groups is 1. The van der Waals surface area contributed by atoms with E-state index in [1.165, 1.54) is 0 Å². The fraction of sp³-hybridized carbons (Fsp3) is 0.0952. The minimum Gasteiger partial charge on any atom is -0.496 e. The number of carbonyl (C=O) groups excluding carboxylic acids is 1. The Labute approximate surface area is 146 Å². The van der Waals surface area contributed by atoms with Gasteiger partial charge >= 0.3 is 0 Å². The van der Waals surface area contributed by atoms with Crippen molar-refractivity contribution in [2.24, 2.45) is 0 Å². The standard InChI is InChI=1S/C21H17ClO2/c1-14-6-8-15(9-7-14)21(23)17-10-11-20(24-2)19(13-17)16-4-3-5-18(22)12-16/h3-13H,1-2H3. The van der Waals surface area contributed by atoms with Crippen LogP contribution in [0, 0.1) is 6.92 Å². The summed E-state index contributed by atoms with van der Waals surface area (Å²) in [6.07, 6.45) is 0. The first-order chi connectivity index (χ1) is 11.6. The first kappa shape index (κ1) is 16.3. The molecule has 24 heavy (non-hydrogen) atoms. The van der Waals surface area contributed by atoms with E-state index in [-0.39, 0.29) is 5.78 Å². The van der Waals surface area contributed by atoms with Crippen LogP contribution < -0.4 is 4.74 Å². The molecule has 2 nitrogen and oxygen atoms in total. The van der Waals surface area contributed by atoms with Crippen molar-refractivity contribution in [2.45, 2.75) is 6.92 Å². The van der Waals surface area contributed by atoms with Gasteiger partial charge in [-0.1, -0.05) is 53.6 Å². The highest BCUT2D eigenvalue weighted by Crippen LogP contribution is 2.32. The zero-order chi connectivity index (χ0) is 17.1. The summed E-state index contributed by atoms with van der Waals surface area (Å²) in [4.78, 5) is 12.7. The second-order valence-electron chi connectivity index (χ2n) is 5.62. The van der Waals surface area contributed by atoms with Crippen LogP contribution in [-0.2, 0) is 0 Å². The summed E-state index contributed by atoms with van der Waals surface area (Å²) in [5.41, 5.74) is 4.18. The van der Waals surface area contributed by atoms with Gasteiger partial charge < -0.3 is 4.74 Å². The van der Waals surface area contributed by atoms with E-state index in [1.54, 1.807) is 13.2 Å². The molecule has 3 aromatic rings. The molecule has 0 fully saturated rings. The minimum atomic E-state index is -0.0130. The summed E-state index contributed by atoms with van der Waals surface area (Å²) in [5, 5.41) is 0.643. The zero-order valence-corrected chi connectivity index (χ0v) is 14.3. The van der Waals surface area contributed by atoms with Crippen molar-refractivity contribution in [1.29, 1.82) is 0 Å². The monoisotopic (exact) mass is 336 g/mol. The lowest BCUT2D eigenvalue weighted by atomic mass is 9.97. The van der Waals surface area contributed by atoms with E-state index < -0.39 is 0 Å². The number of hydrogen-bond acceptors (Lipinski definition) is 2. The summed E-state index contributed by atoms with van der Waals surface area (Å²) in [6, 6.07) is 20.5. The van der Waals surface area contributed by atoms with E-state index in [0.717, 1.165) is 16.7 Å². The molecule has 120 valence electrons. The quantitative estimate of drug-likeness (QED) is 0.583. The molecule has 0 aliphatic heterocycles. The molecule has 0 radical (unpaired) electrons. The number of halogens is 1. The molecule has 0 unspecified atom stereocenters. The van der Waals surface area contributed by atoms with Crippen molar-refractivity contribution in [3.05, 3.63) is 88.4 Å². The topological polar surface area (TPSA) is 26.3 Å². The van der Waals surface area contributed by atoms with Gasteiger partial charge in [-0.05, 0) is 42.8 Å². The number of ketones is 1. The Morgan fingerprint density at radius 2 is 1.62 bits per heavy atom. The predicted molar refractivity (Wildman–Crippen MR) is 98.1 cm³/mol. The van der Waals surface area contributed by atoms with Gasteiger partial charge in [-0.15, -0.1) is 0 Å². The van der Waals surface area contributed by atoms with Gasteiger partial charge in [-0.25, -0.2) is 0 Å². The molecule has 0 N–H and O–H groups in total. The Morgan fingerprint density at radius 1 is 0.917 bits per heavy atom. The predicted octanol–water partition coefficient (Wildman–Crippen LogP) is 5.56. The number of benzene rings is 3. The number of hydrogen-bond donors (Lipinski definition) is 0. The van der Waals surface area contributed by atoms with Crippen molar-refractivity contribution in [3.8, 4) is 16.9 Å². The molecular formula is C21H17ClO2. The Kier molecular flexibility index (Phi) is 4.68. The van der Waals surface area contributed by atoms with Crippen LogP contribution in [0.15, 0.2) is 66.7 Å². The van der Waals surface area contributed by atoms with Crippen molar-refractivity contribution in [2.75, 3.05) is 7.11 Å². The van der Waals surface area contributed by atoms with Crippen LogP contribution in [0.5, 0.6) is 5.75 Å². The summed E-state index contributed by atoms with van der Waals surface area (Å²) < 4.78 is 5.44. The average molecular weight is 337 g/mol. The molecule has 3 aromatic carbocycles. The molecule has 0 amide bonds. The highest BCUT2D eigenvalue weighted by molar-refractivity contribution is 6.30. The molecule has 3 rings (SSSR count). The van der Waals surface area contributed by atoms with Gasteiger partial charge in [0.05, 0.1) is 7.11 Å². The fourth-order valence-corrected chi connectivity index (χ4v) is 2.79. The molecule has 0 saturated carbocycles. The smallest absolute Gasteiger partial charge is 0.193 e. The molecular weight excluding hydrogens is 320 g/mol. The Bertz CT molecular complexity index is 883. The van der Waals surface area contributed by atoms with Crippen LogP contribution in [0.1, 0.15) is 21.5 Å².